The first-order valence-corrected chi connectivity index (χ1v) is 6.97. The van der Waals surface area contributed by atoms with Gasteiger partial charge in [0.25, 0.3) is 0 Å². The average molecular weight is 269 g/mol. The molecule has 1 aromatic heterocycles. The molecular formula is C13H19NO3S. The van der Waals surface area contributed by atoms with Crippen LogP contribution < -0.4 is 5.32 Å². The number of rotatable bonds is 4. The topological polar surface area (TPSA) is 51.5 Å². The summed E-state index contributed by atoms with van der Waals surface area (Å²) in [4.78, 5) is 13.0. The normalized spacial score (nSPS) is 27.4. The highest BCUT2D eigenvalue weighted by Crippen LogP contribution is 2.41. The molecule has 0 bridgehead atoms. The second-order valence-electron chi connectivity index (χ2n) is 4.65. The number of nitrogens with one attached hydrogen (secondary N) is 1. The predicted octanol–water partition coefficient (Wildman–Crippen LogP) is 2.36. The van der Waals surface area contributed by atoms with Crippen LogP contribution in [0.25, 0.3) is 0 Å². The highest BCUT2D eigenvalue weighted by Gasteiger charge is 2.45. The Morgan fingerprint density at radius 1 is 1.67 bits per heavy atom. The summed E-state index contributed by atoms with van der Waals surface area (Å²) in [7, 11) is 3.27. The van der Waals surface area contributed by atoms with Crippen molar-refractivity contribution in [2.24, 2.45) is 0 Å². The molecule has 100 valence electrons. The standard InChI is InChI=1S/C13H19NO3S/c1-9-11(5-7-17-9)18-10-4-6-13(8-10,14-2)12(15)16-3/h5,7,10,14H,4,6,8H2,1-3H3. The summed E-state index contributed by atoms with van der Waals surface area (Å²) in [5.74, 6) is 0.789. The largest absolute Gasteiger partial charge is 0.468 e. The molecule has 1 saturated carbocycles. The quantitative estimate of drug-likeness (QED) is 0.850. The molecule has 0 saturated heterocycles. The molecule has 4 nitrogen and oxygen atoms in total. The molecule has 0 aliphatic heterocycles. The van der Waals surface area contributed by atoms with E-state index in [0.717, 1.165) is 29.9 Å². The van der Waals surface area contributed by atoms with Gasteiger partial charge >= 0.3 is 5.97 Å². The van der Waals surface area contributed by atoms with Gasteiger partial charge in [-0.1, -0.05) is 0 Å². The minimum atomic E-state index is -0.510. The van der Waals surface area contributed by atoms with Crippen molar-refractivity contribution in [3.8, 4) is 0 Å². The summed E-state index contributed by atoms with van der Waals surface area (Å²) in [5, 5.41) is 3.56. The van der Waals surface area contributed by atoms with Gasteiger partial charge in [-0.3, -0.25) is 4.79 Å². The number of furan rings is 1. The number of aryl methyl sites for hydroxylation is 1. The Morgan fingerprint density at radius 2 is 2.44 bits per heavy atom. The van der Waals surface area contributed by atoms with Crippen LogP contribution in [0.1, 0.15) is 25.0 Å². The highest BCUT2D eigenvalue weighted by atomic mass is 32.2. The van der Waals surface area contributed by atoms with Gasteiger partial charge in [0.2, 0.25) is 0 Å². The van der Waals surface area contributed by atoms with Crippen molar-refractivity contribution in [1.82, 2.24) is 5.32 Å². The lowest BCUT2D eigenvalue weighted by Crippen LogP contribution is -2.49. The first-order valence-electron chi connectivity index (χ1n) is 6.09. The zero-order valence-corrected chi connectivity index (χ0v) is 11.8. The first kappa shape index (κ1) is 13.5. The number of likely N-dealkylation sites (N-methyl/N-ethyl adjacent to an activating group) is 1. The van der Waals surface area contributed by atoms with E-state index in [1.165, 1.54) is 7.11 Å². The maximum Gasteiger partial charge on any atom is 0.326 e. The zero-order chi connectivity index (χ0) is 13.2. The van der Waals surface area contributed by atoms with Crippen LogP contribution in [-0.4, -0.2) is 30.9 Å². The number of carbonyl (C=O) groups excluding carboxylic acids is 1. The summed E-state index contributed by atoms with van der Waals surface area (Å²) >= 11 is 1.79. The molecular weight excluding hydrogens is 250 g/mol. The van der Waals surface area contributed by atoms with Crippen LogP contribution in [0.5, 0.6) is 0 Å². The van der Waals surface area contributed by atoms with Gasteiger partial charge < -0.3 is 14.5 Å². The fourth-order valence-electron chi connectivity index (χ4n) is 2.49. The number of hydrogen-bond donors (Lipinski definition) is 1. The first-order chi connectivity index (χ1) is 8.61. The predicted molar refractivity (Wildman–Crippen MR) is 70.7 cm³/mol. The Balaban J connectivity index is 2.03. The zero-order valence-electron chi connectivity index (χ0n) is 11.0. The van der Waals surface area contributed by atoms with Crippen molar-refractivity contribution < 1.29 is 13.9 Å². The molecule has 2 rings (SSSR count). The van der Waals surface area contributed by atoms with Crippen LogP contribution in [0.2, 0.25) is 0 Å². The van der Waals surface area contributed by atoms with Crippen LogP contribution in [0.3, 0.4) is 0 Å². The molecule has 5 heteroatoms. The third-order valence-corrected chi connectivity index (χ3v) is 5.04. The van der Waals surface area contributed by atoms with Gasteiger partial charge in [0, 0.05) is 10.1 Å². The lowest BCUT2D eigenvalue weighted by atomic mass is 9.98. The molecule has 1 N–H and O–H groups in total. The monoisotopic (exact) mass is 269 g/mol. The molecule has 1 fully saturated rings. The molecule has 0 amide bonds. The van der Waals surface area contributed by atoms with Crippen molar-refractivity contribution in [3.05, 3.63) is 18.1 Å². The van der Waals surface area contributed by atoms with Crippen molar-refractivity contribution in [3.63, 3.8) is 0 Å². The van der Waals surface area contributed by atoms with E-state index in [9.17, 15) is 4.79 Å². The average Bonchev–Trinajstić information content (AvgIpc) is 2.97. The van der Waals surface area contributed by atoms with E-state index in [4.69, 9.17) is 9.15 Å². The van der Waals surface area contributed by atoms with Crippen molar-refractivity contribution >= 4 is 17.7 Å². The molecule has 2 atom stereocenters. The van der Waals surface area contributed by atoms with E-state index in [0.29, 0.717) is 5.25 Å². The Morgan fingerprint density at radius 3 is 3.00 bits per heavy atom. The molecule has 0 radical (unpaired) electrons. The van der Waals surface area contributed by atoms with Crippen molar-refractivity contribution in [2.75, 3.05) is 14.2 Å². The summed E-state index contributed by atoms with van der Waals surface area (Å²) < 4.78 is 10.2. The minimum absolute atomic E-state index is 0.156. The molecule has 0 aromatic carbocycles. The van der Waals surface area contributed by atoms with Gasteiger partial charge in [-0.15, -0.1) is 11.8 Å². The maximum absolute atomic E-state index is 11.9. The number of esters is 1. The Bertz CT molecular complexity index is 432. The third-order valence-electron chi connectivity index (χ3n) is 3.63. The van der Waals surface area contributed by atoms with E-state index < -0.39 is 5.54 Å². The van der Waals surface area contributed by atoms with Crippen LogP contribution >= 0.6 is 11.8 Å². The van der Waals surface area contributed by atoms with E-state index in [1.54, 1.807) is 18.0 Å². The second-order valence-corrected chi connectivity index (χ2v) is 5.99. The van der Waals surface area contributed by atoms with E-state index in [1.807, 2.05) is 20.0 Å². The molecule has 1 aliphatic carbocycles. The number of carbonyl (C=O) groups is 1. The van der Waals surface area contributed by atoms with Gasteiger partial charge in [-0.05, 0) is 39.3 Å². The fourth-order valence-corrected chi connectivity index (χ4v) is 3.80. The fraction of sp³-hybridized carbons (Fsp3) is 0.615. The molecule has 1 aromatic rings. The Hall–Kier alpha value is -0.940. The summed E-state index contributed by atoms with van der Waals surface area (Å²) in [6.45, 7) is 1.96. The number of thioether (sulfide) groups is 1. The number of hydrogen-bond acceptors (Lipinski definition) is 5. The summed E-state index contributed by atoms with van der Waals surface area (Å²) in [5.41, 5.74) is -0.510. The Labute approximate surface area is 111 Å². The maximum atomic E-state index is 11.9. The Kier molecular flexibility index (Phi) is 4.02. The van der Waals surface area contributed by atoms with Gasteiger partial charge in [0.1, 0.15) is 11.3 Å². The molecule has 0 spiro atoms. The summed E-state index contributed by atoms with van der Waals surface area (Å²) in [6, 6.07) is 1.98. The van der Waals surface area contributed by atoms with Gasteiger partial charge in [-0.25, -0.2) is 0 Å². The second kappa shape index (κ2) is 5.36. The molecule has 1 heterocycles. The minimum Gasteiger partial charge on any atom is -0.468 e. The smallest absolute Gasteiger partial charge is 0.326 e. The SMILES string of the molecule is CNC1(C(=O)OC)CCC(Sc2ccoc2C)C1. The highest BCUT2D eigenvalue weighted by molar-refractivity contribution is 8.00. The van der Waals surface area contributed by atoms with E-state index >= 15 is 0 Å². The van der Waals surface area contributed by atoms with E-state index in [2.05, 4.69) is 5.32 Å². The van der Waals surface area contributed by atoms with Crippen molar-refractivity contribution in [1.29, 1.82) is 0 Å². The molecule has 2 unspecified atom stereocenters. The van der Waals surface area contributed by atoms with E-state index in [-0.39, 0.29) is 5.97 Å². The molecule has 1 aliphatic rings. The summed E-state index contributed by atoms with van der Waals surface area (Å²) in [6.07, 6.45) is 4.33. The number of methoxy groups -OCH3 is 1. The third kappa shape index (κ3) is 2.42. The van der Waals surface area contributed by atoms with Crippen LogP contribution in [-0.2, 0) is 9.53 Å². The lowest BCUT2D eigenvalue weighted by molar-refractivity contribution is -0.148. The van der Waals surface area contributed by atoms with Crippen LogP contribution in [0.15, 0.2) is 21.6 Å². The van der Waals surface area contributed by atoms with Crippen LogP contribution in [0, 0.1) is 6.92 Å². The van der Waals surface area contributed by atoms with Gasteiger partial charge in [0.15, 0.2) is 0 Å². The lowest BCUT2D eigenvalue weighted by Gasteiger charge is -2.25. The van der Waals surface area contributed by atoms with Crippen LogP contribution in [0.4, 0.5) is 0 Å². The van der Waals surface area contributed by atoms with Crippen molar-refractivity contribution in [2.45, 2.75) is 41.9 Å². The van der Waals surface area contributed by atoms with Gasteiger partial charge in [0.05, 0.1) is 13.4 Å². The van der Waals surface area contributed by atoms with Gasteiger partial charge in [-0.2, -0.15) is 0 Å². The number of ether oxygens (including phenoxy) is 1. The molecule has 18 heavy (non-hydrogen) atoms.